The summed E-state index contributed by atoms with van der Waals surface area (Å²) >= 11 is 0. The van der Waals surface area contributed by atoms with Gasteiger partial charge in [-0.2, -0.15) is 5.11 Å². The van der Waals surface area contributed by atoms with Crippen LogP contribution >= 0.6 is 0 Å². The summed E-state index contributed by atoms with van der Waals surface area (Å²) < 4.78 is 4.58. The Morgan fingerprint density at radius 1 is 1.10 bits per heavy atom. The molecule has 21 heavy (non-hydrogen) atoms. The Balaban J connectivity index is 1.90. The van der Waals surface area contributed by atoms with Crippen molar-refractivity contribution in [2.75, 3.05) is 5.73 Å². The molecule has 0 bridgehead atoms. The molecule has 0 aliphatic carbocycles. The van der Waals surface area contributed by atoms with Crippen LogP contribution in [0.4, 0.5) is 22.7 Å². The predicted molar refractivity (Wildman–Crippen MR) is 73.5 cm³/mol. The van der Waals surface area contributed by atoms with Crippen molar-refractivity contribution >= 4 is 33.8 Å². The zero-order valence-electron chi connectivity index (χ0n) is 10.5. The molecule has 1 aromatic heterocycles. The molecule has 0 fully saturated rings. The van der Waals surface area contributed by atoms with Crippen molar-refractivity contribution in [2.24, 2.45) is 10.2 Å². The van der Waals surface area contributed by atoms with Gasteiger partial charge in [0.15, 0.2) is 5.52 Å². The first kappa shape index (κ1) is 12.7. The van der Waals surface area contributed by atoms with Crippen LogP contribution in [0.25, 0.3) is 11.0 Å². The topological polar surface area (TPSA) is 133 Å². The van der Waals surface area contributed by atoms with Gasteiger partial charge in [-0.15, -0.1) is 5.11 Å². The Kier molecular flexibility index (Phi) is 2.99. The van der Waals surface area contributed by atoms with Crippen LogP contribution in [-0.2, 0) is 0 Å². The number of benzene rings is 2. The second-order valence-electron chi connectivity index (χ2n) is 4.10. The standard InChI is InChI=1S/C12H8N6O3/c13-11-9(5-6-10-12(11)17-21-16-10)15-14-7-1-3-8(4-2-7)18(19)20/h1-6H,13H2. The molecule has 0 aliphatic rings. The molecule has 0 radical (unpaired) electrons. The fraction of sp³-hybridized carbons (Fsp3) is 0. The van der Waals surface area contributed by atoms with Gasteiger partial charge in [-0.3, -0.25) is 10.1 Å². The van der Waals surface area contributed by atoms with Gasteiger partial charge in [0.1, 0.15) is 11.2 Å². The van der Waals surface area contributed by atoms with E-state index in [-0.39, 0.29) is 5.69 Å². The lowest BCUT2D eigenvalue weighted by Crippen LogP contribution is -1.87. The lowest BCUT2D eigenvalue weighted by atomic mass is 10.2. The van der Waals surface area contributed by atoms with Crippen molar-refractivity contribution in [1.82, 2.24) is 10.3 Å². The van der Waals surface area contributed by atoms with Crippen LogP contribution in [0.5, 0.6) is 0 Å². The summed E-state index contributed by atoms with van der Waals surface area (Å²) in [4.78, 5) is 10.1. The predicted octanol–water partition coefficient (Wildman–Crippen LogP) is 3.13. The van der Waals surface area contributed by atoms with Gasteiger partial charge in [0, 0.05) is 12.1 Å². The highest BCUT2D eigenvalue weighted by molar-refractivity contribution is 5.92. The second-order valence-corrected chi connectivity index (χ2v) is 4.10. The Labute approximate surface area is 117 Å². The lowest BCUT2D eigenvalue weighted by molar-refractivity contribution is -0.384. The number of rotatable bonds is 3. The fourth-order valence-electron chi connectivity index (χ4n) is 1.70. The summed E-state index contributed by atoms with van der Waals surface area (Å²) in [5, 5.41) is 25.9. The van der Waals surface area contributed by atoms with Crippen LogP contribution in [0, 0.1) is 10.1 Å². The van der Waals surface area contributed by atoms with Crippen molar-refractivity contribution in [2.45, 2.75) is 0 Å². The first-order valence-corrected chi connectivity index (χ1v) is 5.82. The highest BCUT2D eigenvalue weighted by Crippen LogP contribution is 2.30. The van der Waals surface area contributed by atoms with Gasteiger partial charge in [-0.25, -0.2) is 4.63 Å². The first-order chi connectivity index (χ1) is 10.1. The van der Waals surface area contributed by atoms with Gasteiger partial charge in [0.25, 0.3) is 5.69 Å². The number of nitro benzene ring substituents is 1. The normalized spacial score (nSPS) is 11.2. The molecular formula is C12H8N6O3. The van der Waals surface area contributed by atoms with Crippen LogP contribution in [0.15, 0.2) is 51.3 Å². The van der Waals surface area contributed by atoms with Crippen molar-refractivity contribution < 1.29 is 9.55 Å². The maximum atomic E-state index is 10.5. The van der Waals surface area contributed by atoms with Gasteiger partial charge in [-0.05, 0) is 34.6 Å². The molecule has 0 aliphatic heterocycles. The molecule has 104 valence electrons. The van der Waals surface area contributed by atoms with Crippen molar-refractivity contribution in [3.63, 3.8) is 0 Å². The van der Waals surface area contributed by atoms with Gasteiger partial charge < -0.3 is 5.73 Å². The number of nitrogens with two attached hydrogens (primary N) is 1. The summed E-state index contributed by atoms with van der Waals surface area (Å²) in [6.07, 6.45) is 0. The Morgan fingerprint density at radius 2 is 1.86 bits per heavy atom. The minimum Gasteiger partial charge on any atom is -0.395 e. The number of hydrogen-bond acceptors (Lipinski definition) is 8. The molecule has 0 spiro atoms. The number of hydrogen-bond donors (Lipinski definition) is 1. The molecule has 3 rings (SSSR count). The van der Waals surface area contributed by atoms with E-state index >= 15 is 0 Å². The highest BCUT2D eigenvalue weighted by atomic mass is 16.6. The first-order valence-electron chi connectivity index (χ1n) is 5.82. The largest absolute Gasteiger partial charge is 0.395 e. The van der Waals surface area contributed by atoms with Gasteiger partial charge >= 0.3 is 0 Å². The van der Waals surface area contributed by atoms with E-state index in [1.165, 1.54) is 24.3 Å². The molecule has 9 heteroatoms. The summed E-state index contributed by atoms with van der Waals surface area (Å²) in [6.45, 7) is 0. The Hall–Kier alpha value is -3.36. The molecule has 0 amide bonds. The molecule has 0 saturated heterocycles. The summed E-state index contributed by atoms with van der Waals surface area (Å²) in [7, 11) is 0. The maximum Gasteiger partial charge on any atom is 0.269 e. The number of aromatic nitrogens is 2. The molecule has 0 saturated carbocycles. The minimum atomic E-state index is -0.482. The third-order valence-corrected chi connectivity index (χ3v) is 2.78. The molecule has 0 unspecified atom stereocenters. The summed E-state index contributed by atoms with van der Waals surface area (Å²) in [5.41, 5.74) is 8.01. The third-order valence-electron chi connectivity index (χ3n) is 2.78. The monoisotopic (exact) mass is 284 g/mol. The van der Waals surface area contributed by atoms with E-state index in [0.717, 1.165) is 0 Å². The SMILES string of the molecule is Nc1c(N=Nc2ccc([N+](=O)[O-])cc2)ccc2nonc12. The van der Waals surface area contributed by atoms with Crippen LogP contribution in [-0.4, -0.2) is 15.2 Å². The van der Waals surface area contributed by atoms with Gasteiger partial charge in [0.2, 0.25) is 0 Å². The molecular weight excluding hydrogens is 276 g/mol. The number of anilines is 1. The number of non-ortho nitro benzene ring substituents is 1. The molecule has 0 atom stereocenters. The molecule has 2 aromatic carbocycles. The van der Waals surface area contributed by atoms with E-state index in [4.69, 9.17) is 5.73 Å². The third kappa shape index (κ3) is 2.39. The van der Waals surface area contributed by atoms with Crippen LogP contribution in [0.2, 0.25) is 0 Å². The van der Waals surface area contributed by atoms with Crippen molar-refractivity contribution in [1.29, 1.82) is 0 Å². The maximum absolute atomic E-state index is 10.5. The number of fused-ring (bicyclic) bond motifs is 1. The second kappa shape index (κ2) is 4.96. The summed E-state index contributed by atoms with van der Waals surface area (Å²) in [5.74, 6) is 0. The van der Waals surface area contributed by atoms with E-state index < -0.39 is 4.92 Å². The quantitative estimate of drug-likeness (QED) is 0.340. The van der Waals surface area contributed by atoms with E-state index in [2.05, 4.69) is 25.2 Å². The van der Waals surface area contributed by atoms with Crippen LogP contribution in [0.1, 0.15) is 0 Å². The molecule has 9 nitrogen and oxygen atoms in total. The lowest BCUT2D eigenvalue weighted by Gasteiger charge is -1.98. The van der Waals surface area contributed by atoms with E-state index in [0.29, 0.717) is 28.1 Å². The number of nitro groups is 1. The summed E-state index contributed by atoms with van der Waals surface area (Å²) in [6, 6.07) is 8.98. The van der Waals surface area contributed by atoms with E-state index in [9.17, 15) is 10.1 Å². The smallest absolute Gasteiger partial charge is 0.269 e. The number of nitrogens with zero attached hydrogens (tertiary/aromatic N) is 5. The highest BCUT2D eigenvalue weighted by Gasteiger charge is 2.09. The van der Waals surface area contributed by atoms with Crippen molar-refractivity contribution in [3.8, 4) is 0 Å². The number of nitrogen functional groups attached to an aromatic ring is 1. The Bertz CT molecular complexity index is 840. The van der Waals surface area contributed by atoms with Gasteiger partial charge in [-0.1, -0.05) is 0 Å². The molecule has 1 heterocycles. The van der Waals surface area contributed by atoms with E-state index in [1.807, 2.05) is 0 Å². The number of azo groups is 1. The zero-order valence-corrected chi connectivity index (χ0v) is 10.5. The van der Waals surface area contributed by atoms with Crippen LogP contribution in [0.3, 0.4) is 0 Å². The molecule has 2 N–H and O–H groups in total. The minimum absolute atomic E-state index is 0.0106. The average Bonchev–Trinajstić information content (AvgIpc) is 2.96. The van der Waals surface area contributed by atoms with E-state index in [1.54, 1.807) is 12.1 Å². The average molecular weight is 284 g/mol. The van der Waals surface area contributed by atoms with Crippen LogP contribution < -0.4 is 5.73 Å². The van der Waals surface area contributed by atoms with Crippen molar-refractivity contribution in [3.05, 3.63) is 46.5 Å². The van der Waals surface area contributed by atoms with Gasteiger partial charge in [0.05, 0.1) is 16.3 Å². The molecule has 3 aromatic rings. The zero-order chi connectivity index (χ0) is 14.8. The Morgan fingerprint density at radius 3 is 2.57 bits per heavy atom. The fourth-order valence-corrected chi connectivity index (χ4v) is 1.70.